The molecule has 1 aliphatic heterocycles. The smallest absolute Gasteiger partial charge is 0.0366 e. The molecule has 1 heterocycles. The van der Waals surface area contributed by atoms with Gasteiger partial charge in [0.2, 0.25) is 0 Å². The van der Waals surface area contributed by atoms with Gasteiger partial charge in [-0.15, -0.1) is 0 Å². The molecule has 0 fully saturated rings. The minimum absolute atomic E-state index is 1.07. The first-order chi connectivity index (χ1) is 5.38. The van der Waals surface area contributed by atoms with Crippen LogP contribution in [0.3, 0.4) is 0 Å². The molecule has 0 aromatic carbocycles. The zero-order valence-corrected chi connectivity index (χ0v) is 6.90. The van der Waals surface area contributed by atoms with Crippen LogP contribution in [-0.2, 0) is 0 Å². The van der Waals surface area contributed by atoms with Crippen molar-refractivity contribution in [2.45, 2.75) is 19.3 Å². The average molecular weight is 149 g/mol. The van der Waals surface area contributed by atoms with Crippen LogP contribution in [0, 0.1) is 0 Å². The molecule has 0 aromatic rings. The lowest BCUT2D eigenvalue weighted by atomic mass is 10.1. The van der Waals surface area contributed by atoms with Crippen molar-refractivity contribution in [3.8, 4) is 0 Å². The fraction of sp³-hybridized carbons (Fsp3) is 0.400. The molecular weight excluding hydrogens is 134 g/mol. The van der Waals surface area contributed by atoms with Crippen molar-refractivity contribution in [2.75, 3.05) is 6.54 Å². The van der Waals surface area contributed by atoms with Crippen molar-refractivity contribution < 1.29 is 0 Å². The Morgan fingerprint density at radius 1 is 1.18 bits per heavy atom. The molecule has 0 spiro atoms. The zero-order chi connectivity index (χ0) is 8.10. The first-order valence-electron chi connectivity index (χ1n) is 4.10. The van der Waals surface area contributed by atoms with Gasteiger partial charge < -0.3 is 5.32 Å². The first-order valence-corrected chi connectivity index (χ1v) is 4.10. The van der Waals surface area contributed by atoms with Crippen molar-refractivity contribution in [3.05, 3.63) is 36.6 Å². The SMILES string of the molecule is C=CC1=C(C=C)NCCCC1. The van der Waals surface area contributed by atoms with Crippen LogP contribution in [0.5, 0.6) is 0 Å². The molecule has 0 unspecified atom stereocenters. The van der Waals surface area contributed by atoms with E-state index >= 15 is 0 Å². The lowest BCUT2D eigenvalue weighted by Gasteiger charge is -2.05. The van der Waals surface area contributed by atoms with Crippen LogP contribution < -0.4 is 5.32 Å². The fourth-order valence-corrected chi connectivity index (χ4v) is 1.33. The molecule has 11 heavy (non-hydrogen) atoms. The van der Waals surface area contributed by atoms with Crippen LogP contribution in [-0.4, -0.2) is 6.54 Å². The molecule has 0 radical (unpaired) electrons. The lowest BCUT2D eigenvalue weighted by Crippen LogP contribution is -2.12. The van der Waals surface area contributed by atoms with E-state index in [4.69, 9.17) is 0 Å². The minimum atomic E-state index is 1.07. The van der Waals surface area contributed by atoms with Crippen molar-refractivity contribution in [3.63, 3.8) is 0 Å². The average Bonchev–Trinajstić information content (AvgIpc) is 2.27. The van der Waals surface area contributed by atoms with Crippen molar-refractivity contribution in [1.29, 1.82) is 0 Å². The Balaban J connectivity index is 2.79. The van der Waals surface area contributed by atoms with E-state index in [1.54, 1.807) is 0 Å². The molecule has 0 saturated heterocycles. The zero-order valence-electron chi connectivity index (χ0n) is 6.90. The first kappa shape index (κ1) is 8.12. The molecule has 1 rings (SSSR count). The predicted molar refractivity (Wildman–Crippen MR) is 49.3 cm³/mol. The summed E-state index contributed by atoms with van der Waals surface area (Å²) in [6.45, 7) is 8.60. The summed E-state index contributed by atoms with van der Waals surface area (Å²) in [5.41, 5.74) is 2.47. The largest absolute Gasteiger partial charge is 0.385 e. The van der Waals surface area contributed by atoms with Gasteiger partial charge in [0.05, 0.1) is 0 Å². The second-order valence-corrected chi connectivity index (χ2v) is 2.73. The number of allylic oxidation sites excluding steroid dienone is 3. The monoisotopic (exact) mass is 149 g/mol. The molecule has 0 atom stereocenters. The third kappa shape index (κ3) is 1.97. The van der Waals surface area contributed by atoms with Gasteiger partial charge in [0.25, 0.3) is 0 Å². The number of hydrogen-bond donors (Lipinski definition) is 1. The highest BCUT2D eigenvalue weighted by Crippen LogP contribution is 2.15. The molecule has 0 amide bonds. The quantitative estimate of drug-likeness (QED) is 0.635. The van der Waals surface area contributed by atoms with E-state index < -0.39 is 0 Å². The van der Waals surface area contributed by atoms with Gasteiger partial charge in [0.1, 0.15) is 0 Å². The van der Waals surface area contributed by atoms with Crippen LogP contribution >= 0.6 is 0 Å². The van der Waals surface area contributed by atoms with E-state index in [0.29, 0.717) is 0 Å². The third-order valence-electron chi connectivity index (χ3n) is 1.98. The molecule has 1 aliphatic rings. The third-order valence-corrected chi connectivity index (χ3v) is 1.98. The van der Waals surface area contributed by atoms with Crippen molar-refractivity contribution in [2.24, 2.45) is 0 Å². The second-order valence-electron chi connectivity index (χ2n) is 2.73. The van der Waals surface area contributed by atoms with E-state index in [9.17, 15) is 0 Å². The number of rotatable bonds is 2. The molecule has 1 heteroatoms. The Morgan fingerprint density at radius 2 is 2.00 bits per heavy atom. The van der Waals surface area contributed by atoms with Crippen molar-refractivity contribution in [1.82, 2.24) is 5.32 Å². The maximum absolute atomic E-state index is 3.78. The predicted octanol–water partition coefficient (Wildman–Crippen LogP) is 2.39. The lowest BCUT2D eigenvalue weighted by molar-refractivity contribution is 0.721. The summed E-state index contributed by atoms with van der Waals surface area (Å²) >= 11 is 0. The summed E-state index contributed by atoms with van der Waals surface area (Å²) in [5, 5.41) is 3.32. The summed E-state index contributed by atoms with van der Waals surface area (Å²) in [6, 6.07) is 0. The van der Waals surface area contributed by atoms with Crippen LogP contribution in [0.25, 0.3) is 0 Å². The summed E-state index contributed by atoms with van der Waals surface area (Å²) in [5.74, 6) is 0. The van der Waals surface area contributed by atoms with Gasteiger partial charge in [-0.1, -0.05) is 19.2 Å². The molecule has 1 N–H and O–H groups in total. The minimum Gasteiger partial charge on any atom is -0.385 e. The topological polar surface area (TPSA) is 12.0 Å². The van der Waals surface area contributed by atoms with Crippen LogP contribution in [0.4, 0.5) is 0 Å². The summed E-state index contributed by atoms with van der Waals surface area (Å²) < 4.78 is 0. The summed E-state index contributed by atoms with van der Waals surface area (Å²) in [4.78, 5) is 0. The number of nitrogens with one attached hydrogen (secondary N) is 1. The highest BCUT2D eigenvalue weighted by molar-refractivity contribution is 5.30. The van der Waals surface area contributed by atoms with E-state index in [-0.39, 0.29) is 0 Å². The molecule has 60 valence electrons. The van der Waals surface area contributed by atoms with Gasteiger partial charge in [-0.2, -0.15) is 0 Å². The Labute approximate surface area is 68.5 Å². The van der Waals surface area contributed by atoms with E-state index in [1.165, 1.54) is 18.4 Å². The van der Waals surface area contributed by atoms with Crippen LogP contribution in [0.1, 0.15) is 19.3 Å². The molecule has 0 bridgehead atoms. The van der Waals surface area contributed by atoms with Crippen molar-refractivity contribution >= 4 is 0 Å². The number of hydrogen-bond acceptors (Lipinski definition) is 1. The van der Waals surface area contributed by atoms with Gasteiger partial charge in [-0.05, 0) is 30.9 Å². The summed E-state index contributed by atoms with van der Waals surface area (Å²) in [7, 11) is 0. The Morgan fingerprint density at radius 3 is 2.64 bits per heavy atom. The van der Waals surface area contributed by atoms with E-state index in [1.807, 2.05) is 12.2 Å². The molecule has 0 saturated carbocycles. The van der Waals surface area contributed by atoms with Crippen LogP contribution in [0.15, 0.2) is 36.6 Å². The highest BCUT2D eigenvalue weighted by atomic mass is 14.9. The molecule has 0 aliphatic carbocycles. The van der Waals surface area contributed by atoms with Gasteiger partial charge in [-0.3, -0.25) is 0 Å². The Bertz CT molecular complexity index is 169. The fourth-order valence-electron chi connectivity index (χ4n) is 1.33. The highest BCUT2D eigenvalue weighted by Gasteiger charge is 2.04. The Hall–Kier alpha value is -0.980. The van der Waals surface area contributed by atoms with Gasteiger partial charge in [0.15, 0.2) is 0 Å². The molecule has 1 nitrogen and oxygen atoms in total. The maximum atomic E-state index is 3.78. The molecular formula is C10H15N. The van der Waals surface area contributed by atoms with Gasteiger partial charge >= 0.3 is 0 Å². The van der Waals surface area contributed by atoms with E-state index in [0.717, 1.165) is 18.7 Å². The van der Waals surface area contributed by atoms with Gasteiger partial charge in [0, 0.05) is 12.2 Å². The van der Waals surface area contributed by atoms with E-state index in [2.05, 4.69) is 18.5 Å². The van der Waals surface area contributed by atoms with Gasteiger partial charge in [-0.25, -0.2) is 0 Å². The second kappa shape index (κ2) is 4.02. The Kier molecular flexibility index (Phi) is 2.96. The maximum Gasteiger partial charge on any atom is 0.0366 e. The standard InChI is InChI=1S/C10H15N/c1-3-9-7-5-6-8-11-10(9)4-2/h3-4,11H,1-2,5-8H2. The summed E-state index contributed by atoms with van der Waals surface area (Å²) in [6.07, 6.45) is 7.44. The molecule has 0 aromatic heterocycles. The normalized spacial score (nSPS) is 18.5. The van der Waals surface area contributed by atoms with Crippen LogP contribution in [0.2, 0.25) is 0 Å².